The minimum Gasteiger partial charge on any atom is -0.384 e. The predicted molar refractivity (Wildman–Crippen MR) is 123 cm³/mol. The van der Waals surface area contributed by atoms with E-state index in [0.717, 1.165) is 38.0 Å². The second-order valence-corrected chi connectivity index (χ2v) is 14.0. The average Bonchev–Trinajstić information content (AvgIpc) is 3.20. The topological polar surface area (TPSA) is 55.8 Å². The highest BCUT2D eigenvalue weighted by Crippen LogP contribution is 2.72. The molecule has 4 nitrogen and oxygen atoms in total. The molecule has 0 aromatic rings. The number of carbonyl (C=O) groups excluding carboxylic acids is 1. The minimum absolute atomic E-state index is 0.0957. The van der Waals surface area contributed by atoms with Crippen molar-refractivity contribution >= 4 is 5.78 Å². The Kier molecular flexibility index (Phi) is 4.41. The molecule has 0 aromatic heterocycles. The van der Waals surface area contributed by atoms with Crippen LogP contribution in [-0.4, -0.2) is 34.0 Å². The third kappa shape index (κ3) is 2.53. The standard InChI is InChI=1S/C28H44O4/c1-16-15-28(32-24(16,2)3)27(6,30)23-22(31-28)14-21-19-8-7-17-13-18(29)9-11-25(17,4)20(19)10-12-26(21,23)5/h16-17,19-23,30H,7-15H2,1-6H3/t16-,17-,19+,20-,21-,22-,23?,25-,26-,27+,28-/m0/s1. The summed E-state index contributed by atoms with van der Waals surface area (Å²) in [6, 6.07) is 0. The second kappa shape index (κ2) is 6.40. The van der Waals surface area contributed by atoms with Crippen molar-refractivity contribution in [2.75, 3.05) is 0 Å². The van der Waals surface area contributed by atoms with Crippen molar-refractivity contribution in [3.05, 3.63) is 0 Å². The van der Waals surface area contributed by atoms with Gasteiger partial charge in [-0.2, -0.15) is 0 Å². The number of hydrogen-bond donors (Lipinski definition) is 1. The number of Topliss-reactive ketones (excluding diaryl/α,β-unsaturated/α-hetero) is 1. The quantitative estimate of drug-likeness (QED) is 0.536. The molecule has 4 aliphatic carbocycles. The molecule has 0 aromatic carbocycles. The molecular weight excluding hydrogens is 400 g/mol. The van der Waals surface area contributed by atoms with Crippen LogP contribution < -0.4 is 0 Å². The zero-order chi connectivity index (χ0) is 22.9. The number of rotatable bonds is 0. The zero-order valence-corrected chi connectivity index (χ0v) is 21.1. The van der Waals surface area contributed by atoms with Gasteiger partial charge in [0.2, 0.25) is 0 Å². The van der Waals surface area contributed by atoms with Crippen molar-refractivity contribution in [3.8, 4) is 0 Å². The summed E-state index contributed by atoms with van der Waals surface area (Å²) >= 11 is 0. The SMILES string of the molecule is C[C@H]1C[C@]2(O[C@H]3C[C@H]4[C@@H]5CC[C@H]6CC(=O)CC[C@]6(C)[C@H]5CC[C@]4(C)C3[C@@]2(C)O)OC1(C)C. The van der Waals surface area contributed by atoms with E-state index in [0.29, 0.717) is 34.9 Å². The van der Waals surface area contributed by atoms with Crippen molar-refractivity contribution < 1.29 is 19.4 Å². The van der Waals surface area contributed by atoms with Gasteiger partial charge in [0.15, 0.2) is 5.79 Å². The molecule has 1 unspecified atom stereocenters. The molecule has 6 fully saturated rings. The Labute approximate surface area is 194 Å². The van der Waals surface area contributed by atoms with Gasteiger partial charge in [0, 0.05) is 25.2 Å². The first-order chi connectivity index (χ1) is 14.8. The lowest BCUT2D eigenvalue weighted by molar-refractivity contribution is -0.299. The molecule has 180 valence electrons. The van der Waals surface area contributed by atoms with Gasteiger partial charge in [0.25, 0.3) is 0 Å². The van der Waals surface area contributed by atoms with Crippen LogP contribution in [0, 0.1) is 46.3 Å². The van der Waals surface area contributed by atoms with Crippen LogP contribution in [0.3, 0.4) is 0 Å². The molecule has 6 aliphatic rings. The van der Waals surface area contributed by atoms with Crippen molar-refractivity contribution in [2.45, 2.75) is 122 Å². The number of hydrogen-bond acceptors (Lipinski definition) is 4. The van der Waals surface area contributed by atoms with Crippen LogP contribution >= 0.6 is 0 Å². The van der Waals surface area contributed by atoms with Gasteiger partial charge in [0.05, 0.1) is 11.7 Å². The van der Waals surface area contributed by atoms with Gasteiger partial charge in [-0.1, -0.05) is 20.8 Å². The molecule has 0 bridgehead atoms. The van der Waals surface area contributed by atoms with Crippen LogP contribution in [0.4, 0.5) is 0 Å². The van der Waals surface area contributed by atoms with Crippen LogP contribution in [0.5, 0.6) is 0 Å². The molecule has 2 saturated heterocycles. The third-order valence-corrected chi connectivity index (χ3v) is 12.4. The van der Waals surface area contributed by atoms with E-state index in [1.165, 1.54) is 25.7 Å². The lowest BCUT2D eigenvalue weighted by Crippen LogP contribution is -2.59. The van der Waals surface area contributed by atoms with Crippen molar-refractivity contribution in [1.29, 1.82) is 0 Å². The molecular formula is C28H44O4. The lowest BCUT2D eigenvalue weighted by atomic mass is 9.44. The molecule has 6 rings (SSSR count). The Morgan fingerprint density at radius 2 is 1.72 bits per heavy atom. The number of fused-ring (bicyclic) bond motifs is 7. The highest BCUT2D eigenvalue weighted by atomic mass is 16.7. The first-order valence-corrected chi connectivity index (χ1v) is 13.5. The molecule has 0 amide bonds. The van der Waals surface area contributed by atoms with Crippen molar-refractivity contribution in [1.82, 2.24) is 0 Å². The number of aliphatic hydroxyl groups is 1. The number of carbonyl (C=O) groups is 1. The lowest BCUT2D eigenvalue weighted by Gasteiger charge is -2.61. The Morgan fingerprint density at radius 3 is 2.41 bits per heavy atom. The van der Waals surface area contributed by atoms with Crippen molar-refractivity contribution in [2.24, 2.45) is 46.3 Å². The van der Waals surface area contributed by atoms with Crippen LogP contribution in [0.2, 0.25) is 0 Å². The van der Waals surface area contributed by atoms with Gasteiger partial charge in [-0.15, -0.1) is 0 Å². The Hall–Kier alpha value is -0.450. The molecule has 1 spiro atoms. The van der Waals surface area contributed by atoms with Gasteiger partial charge in [0.1, 0.15) is 11.4 Å². The average molecular weight is 445 g/mol. The van der Waals surface area contributed by atoms with Gasteiger partial charge in [-0.25, -0.2) is 0 Å². The van der Waals surface area contributed by atoms with Crippen LogP contribution in [-0.2, 0) is 14.3 Å². The van der Waals surface area contributed by atoms with Gasteiger partial charge in [-0.05, 0) is 99.7 Å². The first kappa shape index (κ1) is 22.0. The summed E-state index contributed by atoms with van der Waals surface area (Å²) in [4.78, 5) is 12.2. The fourth-order valence-electron chi connectivity index (χ4n) is 10.4. The molecule has 11 atom stereocenters. The summed E-state index contributed by atoms with van der Waals surface area (Å²) in [5.74, 6) is 2.78. The predicted octanol–water partition coefficient (Wildman–Crippen LogP) is 5.51. The Morgan fingerprint density at radius 1 is 0.969 bits per heavy atom. The fourth-order valence-corrected chi connectivity index (χ4v) is 10.4. The van der Waals surface area contributed by atoms with Crippen LogP contribution in [0.1, 0.15) is 99.3 Å². The van der Waals surface area contributed by atoms with Gasteiger partial charge in [-0.3, -0.25) is 4.79 Å². The monoisotopic (exact) mass is 444 g/mol. The van der Waals surface area contributed by atoms with E-state index in [1.807, 2.05) is 6.92 Å². The molecule has 2 heterocycles. The van der Waals surface area contributed by atoms with Gasteiger partial charge < -0.3 is 14.6 Å². The molecule has 32 heavy (non-hydrogen) atoms. The molecule has 0 radical (unpaired) electrons. The van der Waals surface area contributed by atoms with E-state index in [9.17, 15) is 9.90 Å². The summed E-state index contributed by atoms with van der Waals surface area (Å²) in [6.45, 7) is 13.5. The van der Waals surface area contributed by atoms with Gasteiger partial charge >= 0.3 is 0 Å². The summed E-state index contributed by atoms with van der Waals surface area (Å²) in [7, 11) is 0. The molecule has 1 N–H and O–H groups in total. The van der Waals surface area contributed by atoms with E-state index < -0.39 is 11.4 Å². The minimum atomic E-state index is -0.964. The van der Waals surface area contributed by atoms with E-state index in [4.69, 9.17) is 9.47 Å². The van der Waals surface area contributed by atoms with E-state index in [2.05, 4.69) is 34.6 Å². The molecule has 4 heteroatoms. The number of ether oxygens (including phenoxy) is 2. The Bertz CT molecular complexity index is 833. The van der Waals surface area contributed by atoms with Crippen molar-refractivity contribution in [3.63, 3.8) is 0 Å². The number of ketones is 1. The largest absolute Gasteiger partial charge is 0.384 e. The normalized spacial score (nSPS) is 60.7. The summed E-state index contributed by atoms with van der Waals surface area (Å²) in [5.41, 5.74) is -0.805. The summed E-state index contributed by atoms with van der Waals surface area (Å²) in [6.07, 6.45) is 9.52. The molecule has 4 saturated carbocycles. The molecule has 2 aliphatic heterocycles. The van der Waals surface area contributed by atoms with Crippen LogP contribution in [0.15, 0.2) is 0 Å². The van der Waals surface area contributed by atoms with Crippen LogP contribution in [0.25, 0.3) is 0 Å². The van der Waals surface area contributed by atoms with E-state index in [1.54, 1.807) is 0 Å². The highest BCUT2D eigenvalue weighted by molar-refractivity contribution is 5.79. The first-order valence-electron chi connectivity index (χ1n) is 13.5. The maximum atomic E-state index is 12.2. The maximum Gasteiger partial charge on any atom is 0.198 e. The maximum absolute atomic E-state index is 12.2. The van der Waals surface area contributed by atoms with E-state index >= 15 is 0 Å². The third-order valence-electron chi connectivity index (χ3n) is 12.4. The second-order valence-electron chi connectivity index (χ2n) is 14.0. The summed E-state index contributed by atoms with van der Waals surface area (Å²) < 4.78 is 13.4. The highest BCUT2D eigenvalue weighted by Gasteiger charge is 2.76. The van der Waals surface area contributed by atoms with E-state index in [-0.39, 0.29) is 23.0 Å². The smallest absolute Gasteiger partial charge is 0.198 e. The summed E-state index contributed by atoms with van der Waals surface area (Å²) in [5, 5.41) is 12.1. The zero-order valence-electron chi connectivity index (χ0n) is 21.1. The Balaban J connectivity index is 1.31. The fraction of sp³-hybridized carbons (Fsp3) is 0.964.